The molecule has 0 aliphatic carbocycles. The number of hydrogen-bond acceptors (Lipinski definition) is 0. The predicted molar refractivity (Wildman–Crippen MR) is 380 cm³/mol. The maximum absolute atomic E-state index is 4.89. The monoisotopic (exact) mass is 1130 g/mol. The highest BCUT2D eigenvalue weighted by atomic mass is 14.3. The Bertz CT molecular complexity index is 2990. The first-order valence-corrected chi connectivity index (χ1v) is 33.9. The maximum atomic E-state index is 4.89. The lowest BCUT2D eigenvalue weighted by atomic mass is 9.75. The zero-order valence-corrected chi connectivity index (χ0v) is 57.0. The van der Waals surface area contributed by atoms with E-state index in [0.29, 0.717) is 17.8 Å². The van der Waals surface area contributed by atoms with Gasteiger partial charge in [0, 0.05) is 0 Å². The molecule has 0 N–H and O–H groups in total. The molecule has 5 rings (SSSR count). The van der Waals surface area contributed by atoms with Gasteiger partial charge in [-0.25, -0.2) is 0 Å². The fraction of sp³-hybridized carbons (Fsp3) is 0.500. The van der Waals surface area contributed by atoms with Gasteiger partial charge in [-0.3, -0.25) is 0 Å². The molecule has 0 aliphatic rings. The van der Waals surface area contributed by atoms with Crippen LogP contribution in [0.2, 0.25) is 0 Å². The molecule has 2 atom stereocenters. The topological polar surface area (TPSA) is 0 Å². The van der Waals surface area contributed by atoms with Crippen LogP contribution in [0.25, 0.3) is 45.1 Å². The van der Waals surface area contributed by atoms with Crippen molar-refractivity contribution in [3.8, 4) is 11.1 Å². The Labute approximate surface area is 517 Å². The zero-order chi connectivity index (χ0) is 61.6. The van der Waals surface area contributed by atoms with Gasteiger partial charge >= 0.3 is 0 Å². The highest BCUT2D eigenvalue weighted by Gasteiger charge is 2.26. The Morgan fingerprint density at radius 1 is 0.536 bits per heavy atom. The van der Waals surface area contributed by atoms with Gasteiger partial charge in [-0.1, -0.05) is 314 Å². The van der Waals surface area contributed by atoms with Crippen LogP contribution in [-0.4, -0.2) is 0 Å². The van der Waals surface area contributed by atoms with Gasteiger partial charge < -0.3 is 0 Å². The number of unbranched alkanes of at least 4 members (excludes halogenated alkanes) is 10. The van der Waals surface area contributed by atoms with E-state index in [0.717, 1.165) is 48.8 Å². The average molecular weight is 1130 g/mol. The van der Waals surface area contributed by atoms with Crippen LogP contribution in [0.4, 0.5) is 0 Å². The van der Waals surface area contributed by atoms with Gasteiger partial charge in [-0.15, -0.1) is 0 Å². The number of hydrogen-bond donors (Lipinski definition) is 0. The molecule has 0 aliphatic heterocycles. The third-order valence-electron chi connectivity index (χ3n) is 19.0. The first-order chi connectivity index (χ1) is 40.1. The normalized spacial score (nSPS) is 14.0. The molecule has 2 unspecified atom stereocenters. The van der Waals surface area contributed by atoms with Crippen molar-refractivity contribution in [1.29, 1.82) is 0 Å². The van der Waals surface area contributed by atoms with Crippen molar-refractivity contribution in [1.82, 2.24) is 0 Å². The second kappa shape index (κ2) is 34.0. The highest BCUT2D eigenvalue weighted by molar-refractivity contribution is 6.11. The highest BCUT2D eigenvalue weighted by Crippen LogP contribution is 2.43. The molecular formula is C84H118. The molecule has 0 heteroatoms. The lowest BCUT2D eigenvalue weighted by Gasteiger charge is -2.29. The van der Waals surface area contributed by atoms with Crippen molar-refractivity contribution < 1.29 is 0 Å². The van der Waals surface area contributed by atoms with Crippen molar-refractivity contribution >= 4 is 33.9 Å². The molecule has 0 aromatic heterocycles. The molecule has 0 amide bonds. The summed E-state index contributed by atoms with van der Waals surface area (Å²) < 4.78 is 0. The Hall–Kier alpha value is -5.46. The average Bonchev–Trinajstić information content (AvgIpc) is 2.24. The van der Waals surface area contributed by atoms with Crippen molar-refractivity contribution in [2.24, 2.45) is 17.3 Å². The second-order valence-corrected chi connectivity index (χ2v) is 27.4. The number of aryl methyl sites for hydroxylation is 3. The number of benzene rings is 5. The zero-order valence-electron chi connectivity index (χ0n) is 57.0. The summed E-state index contributed by atoms with van der Waals surface area (Å²) in [4.78, 5) is 0. The lowest BCUT2D eigenvalue weighted by molar-refractivity contribution is 0.354. The molecule has 0 bridgehead atoms. The Kier molecular flexibility index (Phi) is 28.1. The summed E-state index contributed by atoms with van der Waals surface area (Å²) in [5.41, 5.74) is 26.5. The summed E-state index contributed by atoms with van der Waals surface area (Å²) in [6, 6.07) is 38.0. The van der Waals surface area contributed by atoms with Gasteiger partial charge in [0.25, 0.3) is 0 Å². The molecule has 0 saturated carbocycles. The third-order valence-corrected chi connectivity index (χ3v) is 19.0. The van der Waals surface area contributed by atoms with Crippen LogP contribution in [0.1, 0.15) is 293 Å². The molecule has 5 aromatic carbocycles. The fourth-order valence-corrected chi connectivity index (χ4v) is 12.3. The van der Waals surface area contributed by atoms with Crippen molar-refractivity contribution in [2.75, 3.05) is 0 Å². The van der Waals surface area contributed by atoms with Crippen LogP contribution in [0.15, 0.2) is 134 Å². The van der Waals surface area contributed by atoms with E-state index in [1.165, 1.54) is 179 Å². The van der Waals surface area contributed by atoms with Crippen molar-refractivity contribution in [3.05, 3.63) is 200 Å². The van der Waals surface area contributed by atoms with Crippen LogP contribution in [-0.2, 0) is 18.3 Å². The SMILES string of the molecule is C=C(/C(=C\c1c(/C(=C/C=C(\C)C(C)(C)C)C(C)CC)ccc(/C(=C/C=C(\C)c2ccc(-c3ccc(C(C)(C)C)cc3C(C)C(CCCCCCCC)CCCCCCCC)c(C)c2)CCC)c1C)c1ccc(CC)cc1)c1ccc(CC)cc1. The van der Waals surface area contributed by atoms with Gasteiger partial charge in [0.05, 0.1) is 0 Å². The summed E-state index contributed by atoms with van der Waals surface area (Å²) in [6.45, 7) is 47.1. The summed E-state index contributed by atoms with van der Waals surface area (Å²) >= 11 is 0. The van der Waals surface area contributed by atoms with E-state index in [1.54, 1.807) is 5.56 Å². The first kappa shape index (κ1) is 69.3. The van der Waals surface area contributed by atoms with Gasteiger partial charge in [0.15, 0.2) is 0 Å². The quantitative estimate of drug-likeness (QED) is 0.0229. The molecule has 0 nitrogen and oxygen atoms in total. The van der Waals surface area contributed by atoms with Crippen LogP contribution in [0.3, 0.4) is 0 Å². The van der Waals surface area contributed by atoms with Crippen LogP contribution < -0.4 is 0 Å². The van der Waals surface area contributed by atoms with E-state index >= 15 is 0 Å². The molecule has 454 valence electrons. The van der Waals surface area contributed by atoms with E-state index < -0.39 is 0 Å². The Morgan fingerprint density at radius 3 is 1.60 bits per heavy atom. The summed E-state index contributed by atoms with van der Waals surface area (Å²) in [5, 5.41) is 0. The predicted octanol–water partition coefficient (Wildman–Crippen LogP) is 26.6. The van der Waals surface area contributed by atoms with E-state index in [9.17, 15) is 0 Å². The largest absolute Gasteiger partial charge is 0.0905 e. The minimum Gasteiger partial charge on any atom is -0.0905 e. The summed E-state index contributed by atoms with van der Waals surface area (Å²) in [6.07, 6.45) is 36.3. The molecule has 0 saturated heterocycles. The minimum atomic E-state index is 0.0817. The van der Waals surface area contributed by atoms with E-state index in [4.69, 9.17) is 6.58 Å². The van der Waals surface area contributed by atoms with Gasteiger partial charge in [0.1, 0.15) is 0 Å². The van der Waals surface area contributed by atoms with E-state index in [1.807, 2.05) is 0 Å². The molecular weight excluding hydrogens is 1010 g/mol. The first-order valence-electron chi connectivity index (χ1n) is 33.9. The number of allylic oxidation sites excluding steroid dienone is 10. The lowest BCUT2D eigenvalue weighted by Crippen LogP contribution is -2.16. The molecule has 0 fully saturated rings. The Balaban J connectivity index is 1.66. The molecule has 0 spiro atoms. The smallest absolute Gasteiger partial charge is 0.0105 e. The van der Waals surface area contributed by atoms with Gasteiger partial charge in [0.2, 0.25) is 0 Å². The number of rotatable bonds is 32. The second-order valence-electron chi connectivity index (χ2n) is 27.4. The summed E-state index contributed by atoms with van der Waals surface area (Å²) in [5.74, 6) is 1.54. The Morgan fingerprint density at radius 2 is 1.07 bits per heavy atom. The molecule has 5 aromatic rings. The third kappa shape index (κ3) is 19.8. The van der Waals surface area contributed by atoms with Crippen LogP contribution in [0, 0.1) is 31.1 Å². The summed E-state index contributed by atoms with van der Waals surface area (Å²) in [7, 11) is 0. The maximum Gasteiger partial charge on any atom is -0.0105 e. The fourth-order valence-electron chi connectivity index (χ4n) is 12.3. The van der Waals surface area contributed by atoms with Gasteiger partial charge in [-0.2, -0.15) is 0 Å². The molecule has 84 heavy (non-hydrogen) atoms. The van der Waals surface area contributed by atoms with E-state index in [2.05, 4.69) is 252 Å². The van der Waals surface area contributed by atoms with Gasteiger partial charge in [-0.05, 0) is 207 Å². The van der Waals surface area contributed by atoms with E-state index in [-0.39, 0.29) is 10.8 Å². The van der Waals surface area contributed by atoms with Crippen molar-refractivity contribution in [3.63, 3.8) is 0 Å². The van der Waals surface area contributed by atoms with Crippen LogP contribution in [0.5, 0.6) is 0 Å². The van der Waals surface area contributed by atoms with Crippen molar-refractivity contribution in [2.45, 2.75) is 258 Å². The van der Waals surface area contributed by atoms with Crippen LogP contribution >= 0.6 is 0 Å². The molecule has 0 heterocycles. The minimum absolute atomic E-state index is 0.0817. The standard InChI is InChI=1S/C84H118/c1-20-26-28-30-32-34-37-69(38-35-33-31-29-27-21-2)65(12)81-58-74(84(17,18)19)51-54-78(81)76-53-50-73(57-62(76)9)61(8)39-45-71(36-22-3)77-55-56-79(75(60(7)23-4)52-40-63(10)83(14,15)16)82(66(77)13)59-80(72-48-43-68(25-6)44-49-72)64(11)70-46-41-67(24-5)42-47-70/h39-60,65,69H,11,20-38H2,1-10,12-19H3/b61-39+,63-40+,71-45+,75-52+,80-59+. The molecule has 0 radical (unpaired) electrons.